The molecule has 0 unspecified atom stereocenters. The Morgan fingerprint density at radius 1 is 0.731 bits per heavy atom. The molecule has 0 aromatic rings. The van der Waals surface area contributed by atoms with E-state index in [1.54, 1.807) is 0 Å². The highest BCUT2D eigenvalue weighted by Crippen LogP contribution is 2.25. The molecule has 0 amide bonds. The van der Waals surface area contributed by atoms with Gasteiger partial charge in [0, 0.05) is 0 Å². The maximum atomic E-state index is 10.0. The van der Waals surface area contributed by atoms with Crippen LogP contribution in [-0.4, -0.2) is 117 Å². The van der Waals surface area contributed by atoms with E-state index in [0.717, 1.165) is 0 Å². The van der Waals surface area contributed by atoms with Gasteiger partial charge in [-0.2, -0.15) is 0 Å². The van der Waals surface area contributed by atoms with Gasteiger partial charge >= 0.3 is 0 Å². The van der Waals surface area contributed by atoms with Crippen LogP contribution in [0.2, 0.25) is 0 Å². The average molecular weight is 382 g/mol. The average Bonchev–Trinajstić information content (AvgIpc) is 2.64. The fraction of sp³-hybridized carbons (Fsp3) is 0.867. The third-order valence-electron chi connectivity index (χ3n) is 4.32. The SMILES string of the molecule is C=CCO[C@@H]1O[C@H](CO[C@@H]2O[C@H](CO)[C@H](O)[C@H](O)[C@H]2O)[C@H](O)[C@H](O)[C@H]1O. The summed E-state index contributed by atoms with van der Waals surface area (Å²) in [6.07, 6.45) is -12.9. The van der Waals surface area contributed by atoms with Crippen LogP contribution < -0.4 is 0 Å². The molecule has 2 fully saturated rings. The molecule has 7 N–H and O–H groups in total. The Balaban J connectivity index is 1.97. The van der Waals surface area contributed by atoms with Crippen molar-refractivity contribution in [2.75, 3.05) is 19.8 Å². The maximum Gasteiger partial charge on any atom is 0.187 e. The second-order valence-corrected chi connectivity index (χ2v) is 6.17. The number of ether oxygens (including phenoxy) is 4. The van der Waals surface area contributed by atoms with Crippen molar-refractivity contribution in [2.24, 2.45) is 0 Å². The second kappa shape index (κ2) is 9.48. The van der Waals surface area contributed by atoms with Crippen molar-refractivity contribution in [3.63, 3.8) is 0 Å². The third kappa shape index (κ3) is 4.58. The third-order valence-corrected chi connectivity index (χ3v) is 4.32. The van der Waals surface area contributed by atoms with Crippen molar-refractivity contribution in [1.82, 2.24) is 0 Å². The second-order valence-electron chi connectivity index (χ2n) is 6.17. The predicted molar refractivity (Wildman–Crippen MR) is 82.5 cm³/mol. The summed E-state index contributed by atoms with van der Waals surface area (Å²) in [6, 6.07) is 0. The van der Waals surface area contributed by atoms with Crippen molar-refractivity contribution in [3.8, 4) is 0 Å². The van der Waals surface area contributed by atoms with Gasteiger partial charge in [0.2, 0.25) is 0 Å². The molecule has 26 heavy (non-hydrogen) atoms. The Morgan fingerprint density at radius 2 is 1.23 bits per heavy atom. The molecule has 10 atom stereocenters. The van der Waals surface area contributed by atoms with Crippen molar-refractivity contribution >= 4 is 0 Å². The minimum absolute atomic E-state index is 0.0326. The van der Waals surface area contributed by atoms with Crippen molar-refractivity contribution in [1.29, 1.82) is 0 Å². The van der Waals surface area contributed by atoms with E-state index >= 15 is 0 Å². The van der Waals surface area contributed by atoms with Gasteiger partial charge in [0.05, 0.1) is 19.8 Å². The summed E-state index contributed by atoms with van der Waals surface area (Å²) >= 11 is 0. The lowest BCUT2D eigenvalue weighted by atomic mass is 9.98. The van der Waals surface area contributed by atoms with E-state index < -0.39 is 74.6 Å². The number of hydrogen-bond donors (Lipinski definition) is 7. The number of rotatable bonds is 7. The van der Waals surface area contributed by atoms with Crippen molar-refractivity contribution in [2.45, 2.75) is 61.4 Å². The van der Waals surface area contributed by atoms with Gasteiger partial charge in [-0.1, -0.05) is 6.08 Å². The zero-order valence-corrected chi connectivity index (χ0v) is 13.9. The summed E-state index contributed by atoms with van der Waals surface area (Å²) in [7, 11) is 0. The van der Waals surface area contributed by atoms with E-state index in [0.29, 0.717) is 0 Å². The van der Waals surface area contributed by atoms with Crippen molar-refractivity contribution in [3.05, 3.63) is 12.7 Å². The Hall–Kier alpha value is -0.700. The lowest BCUT2D eigenvalue weighted by Gasteiger charge is -2.42. The van der Waals surface area contributed by atoms with Gasteiger partial charge in [-0.05, 0) is 0 Å². The highest BCUT2D eigenvalue weighted by Gasteiger charge is 2.47. The molecule has 2 aliphatic rings. The van der Waals surface area contributed by atoms with Gasteiger partial charge in [-0.25, -0.2) is 0 Å². The standard InChI is InChI=1S/C15H26O11/c1-2-3-23-14-12(21)11(20)9(18)7(26-14)5-24-15-13(22)10(19)8(17)6(4-16)25-15/h2,6-22H,1,3-5H2/t6-,7-,8+,9+,10+,11+,12-,13-,14-,15-/m1/s1. The van der Waals surface area contributed by atoms with Crippen LogP contribution >= 0.6 is 0 Å². The first kappa shape index (κ1) is 21.6. The monoisotopic (exact) mass is 382 g/mol. The molecular formula is C15H26O11. The molecule has 0 aromatic heterocycles. The quantitative estimate of drug-likeness (QED) is 0.212. The first-order valence-electron chi connectivity index (χ1n) is 8.16. The number of aliphatic hydroxyl groups is 7. The smallest absolute Gasteiger partial charge is 0.187 e. The first-order valence-corrected chi connectivity index (χ1v) is 8.16. The van der Waals surface area contributed by atoms with Gasteiger partial charge in [-0.15, -0.1) is 6.58 Å². The van der Waals surface area contributed by atoms with Crippen molar-refractivity contribution < 1.29 is 54.7 Å². The first-order chi connectivity index (χ1) is 12.3. The van der Waals surface area contributed by atoms with Crippen LogP contribution in [0.15, 0.2) is 12.7 Å². The normalized spacial score (nSPS) is 46.9. The Morgan fingerprint density at radius 3 is 1.77 bits per heavy atom. The van der Waals surface area contributed by atoms with E-state index in [1.807, 2.05) is 0 Å². The molecule has 152 valence electrons. The molecule has 0 saturated carbocycles. The fourth-order valence-electron chi connectivity index (χ4n) is 2.75. The molecular weight excluding hydrogens is 356 g/mol. The summed E-state index contributed by atoms with van der Waals surface area (Å²) < 4.78 is 21.0. The summed E-state index contributed by atoms with van der Waals surface area (Å²) in [5.74, 6) is 0. The zero-order valence-electron chi connectivity index (χ0n) is 13.9. The molecule has 2 saturated heterocycles. The summed E-state index contributed by atoms with van der Waals surface area (Å²) in [5.41, 5.74) is 0. The minimum atomic E-state index is -1.61. The minimum Gasteiger partial charge on any atom is -0.394 e. The van der Waals surface area contributed by atoms with E-state index in [9.17, 15) is 30.6 Å². The largest absolute Gasteiger partial charge is 0.394 e. The Labute approximate surface area is 149 Å². The molecule has 0 radical (unpaired) electrons. The van der Waals surface area contributed by atoms with Crippen LogP contribution in [0.5, 0.6) is 0 Å². The molecule has 0 aliphatic carbocycles. The van der Waals surface area contributed by atoms with E-state index in [4.69, 9.17) is 24.1 Å². The molecule has 0 bridgehead atoms. The summed E-state index contributed by atoms with van der Waals surface area (Å²) in [4.78, 5) is 0. The molecule has 2 aliphatic heterocycles. The van der Waals surface area contributed by atoms with Crippen LogP contribution in [0, 0.1) is 0 Å². The lowest BCUT2D eigenvalue weighted by molar-refractivity contribution is -0.330. The van der Waals surface area contributed by atoms with E-state index in [2.05, 4.69) is 6.58 Å². The van der Waals surface area contributed by atoms with E-state index in [-0.39, 0.29) is 6.61 Å². The van der Waals surface area contributed by atoms with Crippen LogP contribution in [0.25, 0.3) is 0 Å². The lowest BCUT2D eigenvalue weighted by Crippen LogP contribution is -2.61. The zero-order chi connectivity index (χ0) is 19.4. The molecule has 11 heteroatoms. The topological polar surface area (TPSA) is 179 Å². The Bertz CT molecular complexity index is 447. The molecule has 11 nitrogen and oxygen atoms in total. The predicted octanol–water partition coefficient (Wildman–Crippen LogP) is -4.19. The molecule has 2 rings (SSSR count). The van der Waals surface area contributed by atoms with Crippen LogP contribution in [0.3, 0.4) is 0 Å². The van der Waals surface area contributed by atoms with Crippen LogP contribution in [0.4, 0.5) is 0 Å². The maximum absolute atomic E-state index is 10.0. The van der Waals surface area contributed by atoms with Gasteiger partial charge in [-0.3, -0.25) is 0 Å². The van der Waals surface area contributed by atoms with Gasteiger partial charge in [0.15, 0.2) is 12.6 Å². The van der Waals surface area contributed by atoms with Gasteiger partial charge < -0.3 is 54.7 Å². The fourth-order valence-corrected chi connectivity index (χ4v) is 2.75. The Kier molecular flexibility index (Phi) is 7.88. The summed E-state index contributed by atoms with van der Waals surface area (Å²) in [5, 5.41) is 68.3. The number of hydrogen-bond acceptors (Lipinski definition) is 11. The molecule has 0 spiro atoms. The van der Waals surface area contributed by atoms with Gasteiger partial charge in [0.25, 0.3) is 0 Å². The number of aliphatic hydroxyl groups excluding tert-OH is 7. The highest BCUT2D eigenvalue weighted by molar-refractivity contribution is 4.91. The summed E-state index contributed by atoms with van der Waals surface area (Å²) in [6.45, 7) is 2.47. The van der Waals surface area contributed by atoms with Crippen LogP contribution in [0.1, 0.15) is 0 Å². The van der Waals surface area contributed by atoms with Gasteiger partial charge in [0.1, 0.15) is 48.8 Å². The van der Waals surface area contributed by atoms with Crippen LogP contribution in [-0.2, 0) is 18.9 Å². The molecule has 0 aromatic carbocycles. The molecule has 2 heterocycles. The van der Waals surface area contributed by atoms with E-state index in [1.165, 1.54) is 6.08 Å². The highest BCUT2D eigenvalue weighted by atomic mass is 16.7.